The fourth-order valence-corrected chi connectivity index (χ4v) is 4.16. The van der Waals surface area contributed by atoms with E-state index in [1.165, 1.54) is 5.92 Å². The predicted molar refractivity (Wildman–Crippen MR) is 79.7 cm³/mol. The number of hydrogen-bond donors (Lipinski definition) is 0. The largest absolute Gasteiger partial charge is 3.00 e. The Labute approximate surface area is 146 Å². The fraction of sp³-hybridized carbons (Fsp3) is 0.800. The van der Waals surface area contributed by atoms with Gasteiger partial charge in [0.15, 0.2) is 9.84 Å². The van der Waals surface area contributed by atoms with Crippen molar-refractivity contribution in [1.29, 1.82) is 0 Å². The average Bonchev–Trinajstić information content (AvgIpc) is 2.43. The molecular weight excluding hydrogens is 333 g/mol. The van der Waals surface area contributed by atoms with Gasteiger partial charge in [0.25, 0.3) is 0 Å². The Balaban J connectivity index is 0. The van der Waals surface area contributed by atoms with Crippen molar-refractivity contribution >= 4 is 9.84 Å². The molecule has 0 amide bonds. The molecule has 2 nitrogen and oxygen atoms in total. The molecule has 0 radical (unpaired) electrons. The Bertz CT molecular complexity index is 329. The van der Waals surface area contributed by atoms with Gasteiger partial charge < -0.3 is 19.8 Å². The van der Waals surface area contributed by atoms with Crippen LogP contribution >= 0.6 is 0 Å². The quantitative estimate of drug-likeness (QED) is 0.664. The molecule has 0 spiro atoms. The van der Waals surface area contributed by atoms with E-state index in [1.54, 1.807) is 20.8 Å². The topological polar surface area (TPSA) is 34.1 Å². The van der Waals surface area contributed by atoms with Crippen LogP contribution in [-0.2, 0) is 42.5 Å². The van der Waals surface area contributed by atoms with Gasteiger partial charge in [-0.05, 0) is 20.8 Å². The zero-order chi connectivity index (χ0) is 14.7. The van der Waals surface area contributed by atoms with Crippen molar-refractivity contribution < 1.29 is 41.1 Å². The van der Waals surface area contributed by atoms with Crippen molar-refractivity contribution in [3.05, 3.63) is 19.8 Å². The average molecular weight is 362 g/mol. The van der Waals surface area contributed by atoms with Gasteiger partial charge in [0.1, 0.15) is 0 Å². The second-order valence-electron chi connectivity index (χ2n) is 6.72. The van der Waals surface area contributed by atoms with Crippen LogP contribution in [0.25, 0.3) is 0 Å². The molecule has 0 bridgehead atoms. The van der Waals surface area contributed by atoms with Gasteiger partial charge in [0, 0.05) is 5.25 Å². The first-order chi connectivity index (χ1) is 7.91. The Kier molecular flexibility index (Phi) is 9.98. The van der Waals surface area contributed by atoms with Crippen LogP contribution in [0.3, 0.4) is 0 Å². The van der Waals surface area contributed by atoms with Crippen molar-refractivity contribution in [3.63, 3.8) is 0 Å². The molecule has 0 N–H and O–H groups in total. The smallest absolute Gasteiger partial charge is 0.339 e. The number of hydrogen-bond acceptors (Lipinski definition) is 2. The molecule has 1 fully saturated rings. The maximum Gasteiger partial charge on any atom is 3.00 e. The third-order valence-corrected chi connectivity index (χ3v) is 6.24. The molecule has 0 aliphatic heterocycles. The summed E-state index contributed by atoms with van der Waals surface area (Å²) < 4.78 is 23.7. The van der Waals surface area contributed by atoms with Crippen molar-refractivity contribution in [2.75, 3.05) is 0 Å². The minimum Gasteiger partial charge on any atom is -0.339 e. The Hall–Kier alpha value is 1.05. The Morgan fingerprint density at radius 3 is 1.47 bits per heavy atom. The normalized spacial score (nSPS) is 27.5. The molecule has 0 heterocycles. The van der Waals surface area contributed by atoms with Gasteiger partial charge in [0.2, 0.25) is 0 Å². The Morgan fingerprint density at radius 2 is 1.26 bits per heavy atom. The third kappa shape index (κ3) is 6.56. The third-order valence-electron chi connectivity index (χ3n) is 3.05. The van der Waals surface area contributed by atoms with Gasteiger partial charge in [0.05, 0.1) is 4.75 Å². The molecule has 1 aliphatic carbocycles. The first-order valence-electron chi connectivity index (χ1n) is 6.57. The van der Waals surface area contributed by atoms with Crippen molar-refractivity contribution in [1.82, 2.24) is 0 Å². The Morgan fingerprint density at radius 1 is 1.00 bits per heavy atom. The summed E-state index contributed by atoms with van der Waals surface area (Å²) >= 11 is 0. The second kappa shape index (κ2) is 8.49. The fourth-order valence-electron chi connectivity index (χ4n) is 2.06. The van der Waals surface area contributed by atoms with Gasteiger partial charge in [-0.25, -0.2) is 8.42 Å². The molecule has 4 heteroatoms. The van der Waals surface area contributed by atoms with Crippen LogP contribution < -0.4 is 0 Å². The zero-order valence-corrected chi connectivity index (χ0v) is 17.0. The molecule has 2 atom stereocenters. The first kappa shape index (κ1) is 22.3. The minimum atomic E-state index is -3.10. The summed E-state index contributed by atoms with van der Waals surface area (Å²) in [7, 11) is -3.10. The maximum absolute atomic E-state index is 12.2. The summed E-state index contributed by atoms with van der Waals surface area (Å²) in [5.74, 6) is 1.45. The van der Waals surface area contributed by atoms with Crippen molar-refractivity contribution in [2.24, 2.45) is 11.8 Å². The molecule has 19 heavy (non-hydrogen) atoms. The van der Waals surface area contributed by atoms with Crippen LogP contribution in [0.15, 0.2) is 0 Å². The van der Waals surface area contributed by atoms with Gasteiger partial charge in [-0.15, -0.1) is 0 Å². The summed E-state index contributed by atoms with van der Waals surface area (Å²) in [6.45, 7) is 19.4. The molecule has 1 rings (SSSR count). The van der Waals surface area contributed by atoms with E-state index in [4.69, 9.17) is 0 Å². The van der Waals surface area contributed by atoms with Crippen LogP contribution in [-0.4, -0.2) is 18.4 Å². The van der Waals surface area contributed by atoms with Crippen molar-refractivity contribution in [2.45, 2.75) is 64.4 Å². The summed E-state index contributed by atoms with van der Waals surface area (Å²) in [5.41, 5.74) is 0. The van der Waals surface area contributed by atoms with E-state index in [-0.39, 0.29) is 49.8 Å². The zero-order valence-electron chi connectivity index (χ0n) is 13.4. The van der Waals surface area contributed by atoms with Crippen molar-refractivity contribution in [3.8, 4) is 0 Å². The summed E-state index contributed by atoms with van der Waals surface area (Å²) in [4.78, 5) is 0. The molecule has 1 aliphatic rings. The molecule has 2 unspecified atom stereocenters. The van der Waals surface area contributed by atoms with Gasteiger partial charge in [-0.3, -0.25) is 0 Å². The maximum atomic E-state index is 12.2. The first-order valence-corrected chi connectivity index (χ1v) is 8.12. The van der Waals surface area contributed by atoms with Crippen LogP contribution in [0.5, 0.6) is 0 Å². The molecule has 0 saturated heterocycles. The van der Waals surface area contributed by atoms with Gasteiger partial charge in [-0.2, -0.15) is 32.6 Å². The standard InChI is InChI=1S/C11H20O2S.C4H9.Y/c1-8-6-7-9(2)10(8)14(12,13)11(3,4)5;1-4(2)3;/h8-10H,1-2,6-7H2,3-5H3;1-3H3;/q-2;-1;+3. The van der Waals surface area contributed by atoms with E-state index < -0.39 is 14.6 Å². The molecule has 1 saturated carbocycles. The molecule has 110 valence electrons. The van der Waals surface area contributed by atoms with E-state index in [0.717, 1.165) is 12.8 Å². The van der Waals surface area contributed by atoms with Gasteiger partial charge in [-0.1, -0.05) is 12.8 Å². The monoisotopic (exact) mass is 362 g/mol. The molecule has 0 aromatic rings. The van der Waals surface area contributed by atoms with E-state index in [9.17, 15) is 8.42 Å². The van der Waals surface area contributed by atoms with Crippen LogP contribution in [0.2, 0.25) is 0 Å². The van der Waals surface area contributed by atoms with Gasteiger partial charge >= 0.3 is 32.7 Å². The SMILES string of the molecule is C[C-](C)C.[CH2-]C1CCC([CH2-])C1S(=O)(=O)C(C)(C)C.[Y+3]. The molecule has 0 aromatic heterocycles. The predicted octanol–water partition coefficient (Wildman–Crippen LogP) is 3.88. The number of sulfone groups is 1. The summed E-state index contributed by atoms with van der Waals surface area (Å²) in [6.07, 6.45) is 1.77. The van der Waals surface area contributed by atoms with Crippen LogP contribution in [0.4, 0.5) is 0 Å². The van der Waals surface area contributed by atoms with E-state index in [1.807, 2.05) is 0 Å². The van der Waals surface area contributed by atoms with Crippen LogP contribution in [0, 0.1) is 31.6 Å². The van der Waals surface area contributed by atoms with Crippen LogP contribution in [0.1, 0.15) is 54.4 Å². The number of rotatable bonds is 1. The summed E-state index contributed by atoms with van der Waals surface area (Å²) in [5, 5.41) is -0.345. The second-order valence-corrected chi connectivity index (χ2v) is 9.58. The molecular formula is C15H29O2SY. The van der Waals surface area contributed by atoms with E-state index >= 15 is 0 Å². The van der Waals surface area contributed by atoms with E-state index in [2.05, 4.69) is 34.6 Å². The summed E-state index contributed by atoms with van der Waals surface area (Å²) in [6, 6.07) is 0. The molecule has 0 aromatic carbocycles. The minimum absolute atomic E-state index is 0. The van der Waals surface area contributed by atoms with E-state index in [0.29, 0.717) is 0 Å².